The Morgan fingerprint density at radius 2 is 2.00 bits per heavy atom. The number of piperidine rings is 1. The Labute approximate surface area is 154 Å². The van der Waals surface area contributed by atoms with Gasteiger partial charge in [0.05, 0.1) is 12.6 Å². The highest BCUT2D eigenvalue weighted by Gasteiger charge is 2.33. The van der Waals surface area contributed by atoms with Gasteiger partial charge in [-0.3, -0.25) is 0 Å². The van der Waals surface area contributed by atoms with E-state index < -0.39 is 0 Å². The lowest BCUT2D eigenvalue weighted by Gasteiger charge is -2.40. The van der Waals surface area contributed by atoms with Gasteiger partial charge in [-0.05, 0) is 37.7 Å². The number of benzene rings is 1. The number of urea groups is 1. The van der Waals surface area contributed by atoms with E-state index in [0.717, 1.165) is 50.4 Å². The summed E-state index contributed by atoms with van der Waals surface area (Å²) < 4.78 is 2.14. The average molecular weight is 353 g/mol. The van der Waals surface area contributed by atoms with Crippen molar-refractivity contribution < 1.29 is 4.79 Å². The van der Waals surface area contributed by atoms with Gasteiger partial charge in [0.2, 0.25) is 0 Å². The highest BCUT2D eigenvalue weighted by atomic mass is 16.2. The molecule has 1 aromatic carbocycles. The molecule has 6 nitrogen and oxygen atoms in total. The molecule has 26 heavy (non-hydrogen) atoms. The van der Waals surface area contributed by atoms with Gasteiger partial charge in [0, 0.05) is 19.5 Å². The van der Waals surface area contributed by atoms with Crippen molar-refractivity contribution in [1.82, 2.24) is 25.0 Å². The molecule has 6 heteroatoms. The molecule has 2 amide bonds. The predicted octanol–water partition coefficient (Wildman–Crippen LogP) is 3.22. The van der Waals surface area contributed by atoms with E-state index in [4.69, 9.17) is 0 Å². The summed E-state index contributed by atoms with van der Waals surface area (Å²) in [6.07, 6.45) is 4.31. The number of nitrogens with zero attached hydrogens (tertiary/aromatic N) is 4. The largest absolute Gasteiger partial charge is 0.331 e. The highest BCUT2D eigenvalue weighted by Crippen LogP contribution is 2.35. The van der Waals surface area contributed by atoms with Crippen molar-refractivity contribution in [2.45, 2.75) is 58.7 Å². The van der Waals surface area contributed by atoms with Crippen molar-refractivity contribution in [2.75, 3.05) is 6.54 Å². The second-order valence-corrected chi connectivity index (χ2v) is 7.61. The number of likely N-dealkylation sites (tertiary alicyclic amines) is 1. The van der Waals surface area contributed by atoms with Crippen molar-refractivity contribution >= 4 is 6.03 Å². The van der Waals surface area contributed by atoms with E-state index in [1.807, 2.05) is 4.90 Å². The molecule has 1 saturated heterocycles. The second-order valence-electron chi connectivity index (χ2n) is 7.61. The van der Waals surface area contributed by atoms with Gasteiger partial charge in [0.25, 0.3) is 0 Å². The standard InChI is InChI=1S/C20H27N5O/c1-14-7-9-16(10-8-14)19-15(2)5-3-12-25(19)20(26)21-13-18-23-22-17-6-4-11-24(17)18/h7-10,15,19H,3-6,11-13H2,1-2H3,(H,21,26)/t15-,19+/m0/s1. The Morgan fingerprint density at radius 3 is 2.81 bits per heavy atom. The number of amides is 2. The minimum Gasteiger partial charge on any atom is -0.331 e. The number of aryl methyl sites for hydroxylation is 2. The van der Waals surface area contributed by atoms with Crippen LogP contribution < -0.4 is 5.32 Å². The number of aromatic nitrogens is 3. The minimum absolute atomic E-state index is 0.00234. The Morgan fingerprint density at radius 1 is 1.19 bits per heavy atom. The lowest BCUT2D eigenvalue weighted by Crippen LogP contribution is -2.47. The maximum atomic E-state index is 12.9. The molecule has 1 N–H and O–H groups in total. The zero-order valence-electron chi connectivity index (χ0n) is 15.6. The fourth-order valence-corrected chi connectivity index (χ4v) is 4.29. The molecule has 0 saturated carbocycles. The van der Waals surface area contributed by atoms with Crippen molar-refractivity contribution in [1.29, 1.82) is 0 Å². The Balaban J connectivity index is 1.48. The first-order valence-electron chi connectivity index (χ1n) is 9.65. The first-order chi connectivity index (χ1) is 12.6. The molecule has 0 radical (unpaired) electrons. The van der Waals surface area contributed by atoms with Crippen LogP contribution in [0.3, 0.4) is 0 Å². The van der Waals surface area contributed by atoms with E-state index in [9.17, 15) is 4.79 Å². The first kappa shape index (κ1) is 17.1. The Bertz CT molecular complexity index is 782. The summed E-state index contributed by atoms with van der Waals surface area (Å²) in [6.45, 7) is 6.54. The van der Waals surface area contributed by atoms with Gasteiger partial charge in [-0.25, -0.2) is 4.79 Å². The maximum Gasteiger partial charge on any atom is 0.318 e. The molecule has 0 spiro atoms. The fourth-order valence-electron chi connectivity index (χ4n) is 4.29. The number of nitrogens with one attached hydrogen (secondary N) is 1. The maximum absolute atomic E-state index is 12.9. The quantitative estimate of drug-likeness (QED) is 0.921. The van der Waals surface area contributed by atoms with Crippen molar-refractivity contribution in [3.05, 3.63) is 47.0 Å². The van der Waals surface area contributed by atoms with Crippen LogP contribution in [0.4, 0.5) is 4.79 Å². The molecule has 1 aromatic heterocycles. The first-order valence-corrected chi connectivity index (χ1v) is 9.65. The zero-order valence-corrected chi connectivity index (χ0v) is 15.6. The van der Waals surface area contributed by atoms with Crippen molar-refractivity contribution in [3.63, 3.8) is 0 Å². The summed E-state index contributed by atoms with van der Waals surface area (Å²) in [4.78, 5) is 14.9. The molecule has 0 bridgehead atoms. The lowest BCUT2D eigenvalue weighted by atomic mass is 9.86. The number of carbonyl (C=O) groups is 1. The predicted molar refractivity (Wildman–Crippen MR) is 99.6 cm³/mol. The molecule has 2 aromatic rings. The molecule has 1 fully saturated rings. The van der Waals surface area contributed by atoms with Gasteiger partial charge in [-0.1, -0.05) is 36.8 Å². The summed E-state index contributed by atoms with van der Waals surface area (Å²) in [7, 11) is 0. The minimum atomic E-state index is -0.00234. The molecule has 3 heterocycles. The van der Waals surface area contributed by atoms with Gasteiger partial charge < -0.3 is 14.8 Å². The second kappa shape index (κ2) is 7.09. The van der Waals surface area contributed by atoms with Crippen LogP contribution in [0.25, 0.3) is 0 Å². The normalized spacial score (nSPS) is 22.3. The van der Waals surface area contributed by atoms with E-state index >= 15 is 0 Å². The van der Waals surface area contributed by atoms with Crippen LogP contribution in [0.1, 0.15) is 55.0 Å². The summed E-state index contributed by atoms with van der Waals surface area (Å²) >= 11 is 0. The van der Waals surface area contributed by atoms with Crippen LogP contribution in [0.5, 0.6) is 0 Å². The fraction of sp³-hybridized carbons (Fsp3) is 0.550. The lowest BCUT2D eigenvalue weighted by molar-refractivity contribution is 0.119. The van der Waals surface area contributed by atoms with Gasteiger partial charge in [0.1, 0.15) is 5.82 Å². The third-order valence-electron chi connectivity index (χ3n) is 5.70. The van der Waals surface area contributed by atoms with E-state index in [2.05, 4.69) is 58.2 Å². The number of fused-ring (bicyclic) bond motifs is 1. The summed E-state index contributed by atoms with van der Waals surface area (Å²) in [5.41, 5.74) is 2.47. The van der Waals surface area contributed by atoms with Crippen LogP contribution in [0.2, 0.25) is 0 Å². The Hall–Kier alpha value is -2.37. The number of carbonyl (C=O) groups excluding carboxylic acids is 1. The molecule has 138 valence electrons. The summed E-state index contributed by atoms with van der Waals surface area (Å²) in [5, 5.41) is 11.5. The van der Waals surface area contributed by atoms with E-state index in [1.165, 1.54) is 11.1 Å². The molecule has 0 aliphatic carbocycles. The molecule has 2 aliphatic heterocycles. The van der Waals surface area contributed by atoms with E-state index in [-0.39, 0.29) is 12.1 Å². The molecule has 4 rings (SSSR count). The van der Waals surface area contributed by atoms with Crippen molar-refractivity contribution in [3.8, 4) is 0 Å². The number of hydrogen-bond donors (Lipinski definition) is 1. The third kappa shape index (κ3) is 3.20. The SMILES string of the molecule is Cc1ccc([C@H]2[C@@H](C)CCCN2C(=O)NCc2nnc3n2CCC3)cc1. The summed E-state index contributed by atoms with van der Waals surface area (Å²) in [6, 6.07) is 8.71. The van der Waals surface area contributed by atoms with Crippen LogP contribution in [-0.4, -0.2) is 32.2 Å². The van der Waals surface area contributed by atoms with E-state index in [1.54, 1.807) is 0 Å². The van der Waals surface area contributed by atoms with Crippen LogP contribution >= 0.6 is 0 Å². The van der Waals surface area contributed by atoms with Gasteiger partial charge >= 0.3 is 6.03 Å². The molecule has 0 unspecified atom stereocenters. The highest BCUT2D eigenvalue weighted by molar-refractivity contribution is 5.75. The third-order valence-corrected chi connectivity index (χ3v) is 5.70. The van der Waals surface area contributed by atoms with Gasteiger partial charge in [-0.15, -0.1) is 10.2 Å². The van der Waals surface area contributed by atoms with Gasteiger partial charge in [0.15, 0.2) is 5.82 Å². The smallest absolute Gasteiger partial charge is 0.318 e. The van der Waals surface area contributed by atoms with E-state index in [0.29, 0.717) is 12.5 Å². The average Bonchev–Trinajstić information content (AvgIpc) is 3.24. The molecular formula is C20H27N5O. The Kier molecular flexibility index (Phi) is 4.66. The number of hydrogen-bond acceptors (Lipinski definition) is 3. The number of rotatable bonds is 3. The molecule has 2 atom stereocenters. The van der Waals surface area contributed by atoms with Crippen LogP contribution in [0.15, 0.2) is 24.3 Å². The molecular weight excluding hydrogens is 326 g/mol. The monoisotopic (exact) mass is 353 g/mol. The van der Waals surface area contributed by atoms with Gasteiger partial charge in [-0.2, -0.15) is 0 Å². The topological polar surface area (TPSA) is 63.1 Å². The van der Waals surface area contributed by atoms with Crippen LogP contribution in [0, 0.1) is 12.8 Å². The summed E-state index contributed by atoms with van der Waals surface area (Å²) in [5.74, 6) is 2.36. The zero-order chi connectivity index (χ0) is 18.1. The van der Waals surface area contributed by atoms with Crippen LogP contribution in [-0.2, 0) is 19.5 Å². The van der Waals surface area contributed by atoms with Crippen molar-refractivity contribution in [2.24, 2.45) is 5.92 Å². The molecule has 2 aliphatic rings.